The van der Waals surface area contributed by atoms with Gasteiger partial charge in [0, 0.05) is 19.0 Å². The second kappa shape index (κ2) is 3.77. The molecule has 1 aliphatic carbocycles. The first-order valence-electron chi connectivity index (χ1n) is 5.32. The maximum absolute atomic E-state index is 11.4. The summed E-state index contributed by atoms with van der Waals surface area (Å²) in [7, 11) is 0. The summed E-state index contributed by atoms with van der Waals surface area (Å²) >= 11 is 0. The number of carbonyl (C=O) groups excluding carboxylic acids is 1. The van der Waals surface area contributed by atoms with Gasteiger partial charge in [0.1, 0.15) is 0 Å². The minimum Gasteiger partial charge on any atom is -0.450 e. The van der Waals surface area contributed by atoms with E-state index in [1.807, 2.05) is 6.92 Å². The van der Waals surface area contributed by atoms with Crippen molar-refractivity contribution in [2.24, 2.45) is 11.8 Å². The molecular weight excluding hydrogens is 182 g/mol. The van der Waals surface area contributed by atoms with E-state index in [1.54, 1.807) is 4.90 Å². The lowest BCUT2D eigenvalue weighted by molar-refractivity contribution is 0.100. The van der Waals surface area contributed by atoms with Crippen LogP contribution in [0, 0.1) is 11.8 Å². The van der Waals surface area contributed by atoms with Crippen LogP contribution in [0.2, 0.25) is 0 Å². The van der Waals surface area contributed by atoms with Gasteiger partial charge in [0.15, 0.2) is 0 Å². The minimum absolute atomic E-state index is 0.209. The van der Waals surface area contributed by atoms with Gasteiger partial charge >= 0.3 is 6.09 Å². The molecule has 1 N–H and O–H groups in total. The number of carbonyl (C=O) groups is 1. The Hall–Kier alpha value is -0.770. The highest BCUT2D eigenvalue weighted by Crippen LogP contribution is 2.38. The lowest BCUT2D eigenvalue weighted by atomic mass is 10.00. The molecule has 0 bridgehead atoms. The van der Waals surface area contributed by atoms with Gasteiger partial charge in [-0.25, -0.2) is 4.79 Å². The Bertz CT molecular complexity index is 231. The predicted molar refractivity (Wildman–Crippen MR) is 50.8 cm³/mol. The molecular formula is C10H17NO3. The Morgan fingerprint density at radius 2 is 2.29 bits per heavy atom. The molecule has 4 heteroatoms. The minimum atomic E-state index is -0.228. The molecule has 0 aromatic carbocycles. The van der Waals surface area contributed by atoms with Crippen molar-refractivity contribution in [2.75, 3.05) is 19.7 Å². The van der Waals surface area contributed by atoms with E-state index in [4.69, 9.17) is 4.74 Å². The number of aliphatic hydroxyl groups excluding tert-OH is 1. The Kier molecular flexibility index (Phi) is 2.63. The second-order valence-electron chi connectivity index (χ2n) is 4.17. The first kappa shape index (κ1) is 9.77. The second-order valence-corrected chi connectivity index (χ2v) is 4.17. The molecule has 80 valence electrons. The fourth-order valence-corrected chi connectivity index (χ4v) is 2.60. The van der Waals surface area contributed by atoms with Crippen molar-refractivity contribution in [3.8, 4) is 0 Å². The van der Waals surface area contributed by atoms with Crippen molar-refractivity contribution in [3.05, 3.63) is 0 Å². The summed E-state index contributed by atoms with van der Waals surface area (Å²) < 4.78 is 4.93. The Morgan fingerprint density at radius 1 is 1.50 bits per heavy atom. The summed E-state index contributed by atoms with van der Waals surface area (Å²) in [6.45, 7) is 3.67. The van der Waals surface area contributed by atoms with E-state index in [2.05, 4.69) is 0 Å². The van der Waals surface area contributed by atoms with Gasteiger partial charge in [0.05, 0.1) is 12.7 Å². The number of nitrogens with zero attached hydrogens (tertiary/aromatic N) is 1. The summed E-state index contributed by atoms with van der Waals surface area (Å²) in [6, 6.07) is 0. The van der Waals surface area contributed by atoms with Gasteiger partial charge in [-0.2, -0.15) is 0 Å². The van der Waals surface area contributed by atoms with E-state index in [9.17, 15) is 9.90 Å². The number of amides is 1. The van der Waals surface area contributed by atoms with Gasteiger partial charge in [-0.3, -0.25) is 0 Å². The van der Waals surface area contributed by atoms with Gasteiger partial charge in [-0.05, 0) is 25.7 Å². The summed E-state index contributed by atoms with van der Waals surface area (Å²) in [5, 5.41) is 9.65. The van der Waals surface area contributed by atoms with Crippen LogP contribution in [-0.4, -0.2) is 41.9 Å². The van der Waals surface area contributed by atoms with Crippen LogP contribution in [0.5, 0.6) is 0 Å². The van der Waals surface area contributed by atoms with Crippen LogP contribution in [0.25, 0.3) is 0 Å². The van der Waals surface area contributed by atoms with Gasteiger partial charge in [-0.15, -0.1) is 0 Å². The molecule has 0 spiro atoms. The monoisotopic (exact) mass is 199 g/mol. The molecule has 1 amide bonds. The summed E-state index contributed by atoms with van der Waals surface area (Å²) in [5.41, 5.74) is 0. The highest BCUT2D eigenvalue weighted by atomic mass is 16.6. The van der Waals surface area contributed by atoms with Crippen LogP contribution in [0.15, 0.2) is 0 Å². The molecule has 3 unspecified atom stereocenters. The Balaban J connectivity index is 1.92. The lowest BCUT2D eigenvalue weighted by Crippen LogP contribution is -2.31. The number of aliphatic hydroxyl groups is 1. The van der Waals surface area contributed by atoms with Gasteiger partial charge in [0.25, 0.3) is 0 Å². The molecule has 1 saturated heterocycles. The van der Waals surface area contributed by atoms with Gasteiger partial charge in [0.2, 0.25) is 0 Å². The Labute approximate surface area is 83.8 Å². The first-order valence-corrected chi connectivity index (χ1v) is 5.32. The highest BCUT2D eigenvalue weighted by molar-refractivity contribution is 5.68. The number of likely N-dealkylation sites (tertiary alicyclic amines) is 1. The van der Waals surface area contributed by atoms with Crippen LogP contribution < -0.4 is 0 Å². The molecule has 0 aromatic rings. The zero-order valence-electron chi connectivity index (χ0n) is 8.48. The smallest absolute Gasteiger partial charge is 0.409 e. The average Bonchev–Trinajstić information content (AvgIpc) is 2.69. The normalized spacial score (nSPS) is 35.9. The molecule has 2 fully saturated rings. The summed E-state index contributed by atoms with van der Waals surface area (Å²) in [4.78, 5) is 13.1. The topological polar surface area (TPSA) is 49.8 Å². The quantitative estimate of drug-likeness (QED) is 0.681. The average molecular weight is 199 g/mol. The fraction of sp³-hybridized carbons (Fsp3) is 0.900. The molecule has 1 heterocycles. The maximum Gasteiger partial charge on any atom is 0.409 e. The third-order valence-electron chi connectivity index (χ3n) is 3.35. The van der Waals surface area contributed by atoms with Crippen molar-refractivity contribution in [3.63, 3.8) is 0 Å². The largest absolute Gasteiger partial charge is 0.450 e. The van der Waals surface area contributed by atoms with Gasteiger partial charge in [-0.1, -0.05) is 0 Å². The summed E-state index contributed by atoms with van der Waals surface area (Å²) in [6.07, 6.45) is 1.50. The molecule has 1 aliphatic heterocycles. The lowest BCUT2D eigenvalue weighted by Gasteiger charge is -2.17. The number of fused-ring (bicyclic) bond motifs is 1. The molecule has 4 nitrogen and oxygen atoms in total. The van der Waals surface area contributed by atoms with E-state index in [-0.39, 0.29) is 12.2 Å². The fourth-order valence-electron chi connectivity index (χ4n) is 2.60. The number of hydrogen-bond acceptors (Lipinski definition) is 3. The van der Waals surface area contributed by atoms with E-state index < -0.39 is 0 Å². The predicted octanol–water partition coefficient (Wildman–Crippen LogP) is 0.846. The van der Waals surface area contributed by atoms with E-state index in [0.29, 0.717) is 25.0 Å². The third kappa shape index (κ3) is 1.59. The van der Waals surface area contributed by atoms with Crippen molar-refractivity contribution >= 4 is 6.09 Å². The number of hydrogen-bond donors (Lipinski definition) is 1. The molecule has 3 atom stereocenters. The van der Waals surface area contributed by atoms with Crippen molar-refractivity contribution in [2.45, 2.75) is 25.9 Å². The van der Waals surface area contributed by atoms with Crippen LogP contribution in [0.3, 0.4) is 0 Å². The molecule has 2 aliphatic rings. The first-order chi connectivity index (χ1) is 6.72. The van der Waals surface area contributed by atoms with Gasteiger partial charge < -0.3 is 14.7 Å². The van der Waals surface area contributed by atoms with Crippen LogP contribution in [0.4, 0.5) is 4.79 Å². The zero-order valence-corrected chi connectivity index (χ0v) is 8.48. The maximum atomic E-state index is 11.4. The standard InChI is InChI=1S/C10H17NO3/c1-2-14-10(13)11-5-7-3-4-9(12)8(7)6-11/h7-9,12H,2-6H2,1H3. The molecule has 2 rings (SSSR count). The molecule has 1 saturated carbocycles. The van der Waals surface area contributed by atoms with E-state index >= 15 is 0 Å². The third-order valence-corrected chi connectivity index (χ3v) is 3.35. The molecule has 14 heavy (non-hydrogen) atoms. The van der Waals surface area contributed by atoms with Crippen LogP contribution >= 0.6 is 0 Å². The van der Waals surface area contributed by atoms with E-state index in [0.717, 1.165) is 19.4 Å². The molecule has 0 aromatic heterocycles. The summed E-state index contributed by atoms with van der Waals surface area (Å²) in [5.74, 6) is 0.786. The van der Waals surface area contributed by atoms with Crippen molar-refractivity contribution < 1.29 is 14.6 Å². The van der Waals surface area contributed by atoms with Crippen LogP contribution in [-0.2, 0) is 4.74 Å². The van der Waals surface area contributed by atoms with Crippen LogP contribution in [0.1, 0.15) is 19.8 Å². The molecule has 0 radical (unpaired) electrons. The SMILES string of the molecule is CCOC(=O)N1CC2CCC(O)C2C1. The highest BCUT2D eigenvalue weighted by Gasteiger charge is 2.43. The number of rotatable bonds is 1. The Morgan fingerprint density at radius 3 is 2.93 bits per heavy atom. The number of ether oxygens (including phenoxy) is 1. The van der Waals surface area contributed by atoms with Crippen molar-refractivity contribution in [1.82, 2.24) is 4.90 Å². The zero-order chi connectivity index (χ0) is 10.1. The van der Waals surface area contributed by atoms with Crippen molar-refractivity contribution in [1.29, 1.82) is 0 Å². The van der Waals surface area contributed by atoms with E-state index in [1.165, 1.54) is 0 Å².